The summed E-state index contributed by atoms with van der Waals surface area (Å²) in [6.07, 6.45) is 1.34. The number of aromatic nitrogens is 1. The molecule has 0 radical (unpaired) electrons. The SMILES string of the molecule is CC#CCN1C(=O)c2ccccc2Sc2cc(NC(=S)Nc3ccc(OC(F)F)nc3)ccc21. The standard InChI is InChI=1S/C24H18F2N4O2S2/c1-2-3-12-30-18-10-8-15(13-20(18)34-19-7-5-4-6-17(19)22(30)31)28-24(33)29-16-9-11-21(27-14-16)32-23(25)26/h4-11,13-14,23H,12H2,1H3,(H2,28,29,33). The second kappa shape index (κ2) is 10.5. The van der Waals surface area contributed by atoms with E-state index >= 15 is 0 Å². The molecule has 0 saturated heterocycles. The van der Waals surface area contributed by atoms with E-state index in [-0.39, 0.29) is 23.4 Å². The molecular weight excluding hydrogens is 478 g/mol. The minimum atomic E-state index is -2.94. The van der Waals surface area contributed by atoms with Gasteiger partial charge in [-0.25, -0.2) is 4.98 Å². The van der Waals surface area contributed by atoms with Crippen molar-refractivity contribution in [1.29, 1.82) is 0 Å². The quantitative estimate of drug-likeness (QED) is 0.351. The summed E-state index contributed by atoms with van der Waals surface area (Å²) in [7, 11) is 0. The van der Waals surface area contributed by atoms with E-state index in [9.17, 15) is 13.6 Å². The van der Waals surface area contributed by atoms with Crippen molar-refractivity contribution in [2.45, 2.75) is 23.3 Å². The van der Waals surface area contributed by atoms with Crippen LogP contribution in [0.25, 0.3) is 0 Å². The Balaban J connectivity index is 1.54. The number of amides is 1. The number of rotatable bonds is 5. The third-order valence-corrected chi connectivity index (χ3v) is 6.04. The van der Waals surface area contributed by atoms with Crippen LogP contribution in [0.4, 0.5) is 25.8 Å². The fourth-order valence-corrected chi connectivity index (χ4v) is 4.58. The Morgan fingerprint density at radius 3 is 2.65 bits per heavy atom. The van der Waals surface area contributed by atoms with Crippen LogP contribution in [0.15, 0.2) is 70.6 Å². The van der Waals surface area contributed by atoms with E-state index in [0.717, 1.165) is 15.5 Å². The first-order valence-corrected chi connectivity index (χ1v) is 11.3. The molecule has 0 bridgehead atoms. The molecule has 0 fully saturated rings. The second-order valence-electron chi connectivity index (χ2n) is 6.94. The molecule has 2 aromatic carbocycles. The van der Waals surface area contributed by atoms with Gasteiger partial charge in [0.1, 0.15) is 0 Å². The molecule has 0 aliphatic carbocycles. The molecule has 4 rings (SSSR count). The van der Waals surface area contributed by atoms with E-state index in [0.29, 0.717) is 16.9 Å². The topological polar surface area (TPSA) is 66.5 Å². The monoisotopic (exact) mass is 496 g/mol. The van der Waals surface area contributed by atoms with Crippen LogP contribution in [0.5, 0.6) is 5.88 Å². The maximum absolute atomic E-state index is 13.2. The number of benzene rings is 2. The Labute approximate surface area is 204 Å². The number of carbonyl (C=O) groups excluding carboxylic acids is 1. The number of alkyl halides is 2. The van der Waals surface area contributed by atoms with Crippen molar-refractivity contribution in [3.63, 3.8) is 0 Å². The van der Waals surface area contributed by atoms with Crippen LogP contribution in [-0.4, -0.2) is 29.2 Å². The Hall–Kier alpha value is -3.68. The molecule has 0 saturated carbocycles. The normalized spacial score (nSPS) is 12.1. The van der Waals surface area contributed by atoms with Gasteiger partial charge in [0.2, 0.25) is 5.88 Å². The van der Waals surface area contributed by atoms with Crippen molar-refractivity contribution in [3.05, 3.63) is 66.4 Å². The fourth-order valence-electron chi connectivity index (χ4n) is 3.23. The molecule has 1 aliphatic heterocycles. The first kappa shape index (κ1) is 23.5. The summed E-state index contributed by atoms with van der Waals surface area (Å²) in [5.74, 6) is 5.54. The summed E-state index contributed by atoms with van der Waals surface area (Å²) in [6, 6.07) is 15.9. The first-order chi connectivity index (χ1) is 16.4. The van der Waals surface area contributed by atoms with E-state index in [1.807, 2.05) is 42.5 Å². The average Bonchev–Trinajstić information content (AvgIpc) is 2.92. The van der Waals surface area contributed by atoms with Gasteiger partial charge in [0.05, 0.1) is 29.7 Å². The lowest BCUT2D eigenvalue weighted by Gasteiger charge is -2.21. The van der Waals surface area contributed by atoms with Gasteiger partial charge >= 0.3 is 6.61 Å². The molecule has 0 atom stereocenters. The van der Waals surface area contributed by atoms with Gasteiger partial charge in [-0.1, -0.05) is 29.8 Å². The van der Waals surface area contributed by atoms with Crippen LogP contribution >= 0.6 is 24.0 Å². The maximum Gasteiger partial charge on any atom is 0.388 e. The zero-order valence-electron chi connectivity index (χ0n) is 17.8. The lowest BCUT2D eigenvalue weighted by molar-refractivity contribution is -0.0528. The number of ether oxygens (including phenoxy) is 1. The van der Waals surface area contributed by atoms with Gasteiger partial charge < -0.3 is 15.4 Å². The number of fused-ring (bicyclic) bond motifs is 2. The summed E-state index contributed by atoms with van der Waals surface area (Å²) in [5.41, 5.74) is 2.60. The molecule has 0 spiro atoms. The maximum atomic E-state index is 13.2. The molecule has 1 aliphatic rings. The molecule has 172 valence electrons. The smallest absolute Gasteiger partial charge is 0.388 e. The molecule has 10 heteroatoms. The summed E-state index contributed by atoms with van der Waals surface area (Å²) in [5, 5.41) is 6.33. The van der Waals surface area contributed by atoms with Gasteiger partial charge in [-0.2, -0.15) is 8.78 Å². The van der Waals surface area contributed by atoms with Crippen molar-refractivity contribution in [1.82, 2.24) is 4.98 Å². The molecule has 2 N–H and O–H groups in total. The second-order valence-corrected chi connectivity index (χ2v) is 8.43. The van der Waals surface area contributed by atoms with E-state index in [1.165, 1.54) is 30.1 Å². The number of hydrogen-bond acceptors (Lipinski definition) is 5. The predicted molar refractivity (Wildman–Crippen MR) is 133 cm³/mol. The fraction of sp³-hybridized carbons (Fsp3) is 0.125. The van der Waals surface area contributed by atoms with Crippen LogP contribution in [0, 0.1) is 11.8 Å². The zero-order valence-corrected chi connectivity index (χ0v) is 19.5. The van der Waals surface area contributed by atoms with Crippen LogP contribution in [0.3, 0.4) is 0 Å². The largest absolute Gasteiger partial charge is 0.417 e. The number of nitrogens with zero attached hydrogens (tertiary/aromatic N) is 2. The molecular formula is C24H18F2N4O2S2. The number of anilines is 3. The number of hydrogen-bond donors (Lipinski definition) is 2. The molecule has 1 aromatic heterocycles. The van der Waals surface area contributed by atoms with Gasteiger partial charge in [-0.15, -0.1) is 5.92 Å². The highest BCUT2D eigenvalue weighted by atomic mass is 32.2. The predicted octanol–water partition coefficient (Wildman–Crippen LogP) is 5.63. The van der Waals surface area contributed by atoms with Gasteiger partial charge in [0.25, 0.3) is 5.91 Å². The van der Waals surface area contributed by atoms with E-state index in [2.05, 4.69) is 32.2 Å². The van der Waals surface area contributed by atoms with Gasteiger partial charge in [0.15, 0.2) is 5.11 Å². The van der Waals surface area contributed by atoms with Crippen LogP contribution < -0.4 is 20.3 Å². The number of nitrogens with one attached hydrogen (secondary N) is 2. The lowest BCUT2D eigenvalue weighted by atomic mass is 10.1. The van der Waals surface area contributed by atoms with Crippen molar-refractivity contribution in [3.8, 4) is 17.7 Å². The number of thiocarbonyl (C=S) groups is 1. The summed E-state index contributed by atoms with van der Waals surface area (Å²) >= 11 is 6.87. The van der Waals surface area contributed by atoms with Crippen molar-refractivity contribution >= 4 is 52.1 Å². The molecule has 1 amide bonds. The Morgan fingerprint density at radius 2 is 1.91 bits per heavy atom. The molecule has 6 nitrogen and oxygen atoms in total. The third-order valence-electron chi connectivity index (χ3n) is 4.71. The van der Waals surface area contributed by atoms with E-state index < -0.39 is 6.61 Å². The number of pyridine rings is 1. The van der Waals surface area contributed by atoms with Gasteiger partial charge in [0, 0.05) is 21.5 Å². The van der Waals surface area contributed by atoms with Crippen molar-refractivity contribution in [2.75, 3.05) is 22.1 Å². The highest BCUT2D eigenvalue weighted by Crippen LogP contribution is 2.42. The van der Waals surface area contributed by atoms with Gasteiger partial charge in [-0.05, 0) is 55.5 Å². The van der Waals surface area contributed by atoms with Crippen LogP contribution in [0.2, 0.25) is 0 Å². The Kier molecular flexibility index (Phi) is 7.25. The molecule has 0 unspecified atom stereocenters. The highest BCUT2D eigenvalue weighted by molar-refractivity contribution is 7.99. The van der Waals surface area contributed by atoms with Crippen LogP contribution in [0.1, 0.15) is 17.3 Å². The number of halogens is 2. The highest BCUT2D eigenvalue weighted by Gasteiger charge is 2.27. The molecule has 2 heterocycles. The summed E-state index contributed by atoms with van der Waals surface area (Å²) < 4.78 is 28.8. The summed E-state index contributed by atoms with van der Waals surface area (Å²) in [6.45, 7) is -0.920. The van der Waals surface area contributed by atoms with Crippen molar-refractivity contribution in [2.24, 2.45) is 0 Å². The van der Waals surface area contributed by atoms with Crippen molar-refractivity contribution < 1.29 is 18.3 Å². The summed E-state index contributed by atoms with van der Waals surface area (Å²) in [4.78, 5) is 20.4. The zero-order chi connectivity index (χ0) is 24.1. The van der Waals surface area contributed by atoms with Crippen LogP contribution in [-0.2, 0) is 0 Å². The Bertz CT molecular complexity index is 1290. The average molecular weight is 497 g/mol. The third kappa shape index (κ3) is 5.44. The molecule has 34 heavy (non-hydrogen) atoms. The number of carbonyl (C=O) groups is 1. The molecule has 3 aromatic rings. The van der Waals surface area contributed by atoms with E-state index in [1.54, 1.807) is 11.8 Å². The minimum Gasteiger partial charge on any atom is -0.417 e. The van der Waals surface area contributed by atoms with E-state index in [4.69, 9.17) is 12.2 Å². The Morgan fingerprint density at radius 1 is 1.15 bits per heavy atom. The minimum absolute atomic E-state index is 0.103. The first-order valence-electron chi connectivity index (χ1n) is 10.1. The lowest BCUT2D eigenvalue weighted by Crippen LogP contribution is -2.31. The van der Waals surface area contributed by atoms with Gasteiger partial charge in [-0.3, -0.25) is 9.69 Å².